The number of aromatic nitrogens is 4. The highest BCUT2D eigenvalue weighted by Gasteiger charge is 2.25. The molecule has 3 N–H and O–H groups in total. The molecule has 0 radical (unpaired) electrons. The Bertz CT molecular complexity index is 949. The molecule has 1 saturated heterocycles. The molecule has 1 aliphatic rings. The smallest absolute Gasteiger partial charge is 0.324 e. The number of rotatable bonds is 6. The van der Waals surface area contributed by atoms with Crippen LogP contribution in [-0.2, 0) is 6.42 Å². The second-order valence-corrected chi connectivity index (χ2v) is 8.15. The molecule has 3 heterocycles. The van der Waals surface area contributed by atoms with E-state index in [0.717, 1.165) is 49.3 Å². The van der Waals surface area contributed by atoms with Gasteiger partial charge in [-0.05, 0) is 36.3 Å². The van der Waals surface area contributed by atoms with E-state index in [0.29, 0.717) is 11.9 Å². The largest absolute Gasteiger partial charge is 0.393 e. The van der Waals surface area contributed by atoms with Crippen LogP contribution in [0.3, 0.4) is 0 Å². The monoisotopic (exact) mass is 408 g/mol. The van der Waals surface area contributed by atoms with Gasteiger partial charge >= 0.3 is 6.01 Å². The number of piperidine rings is 1. The van der Waals surface area contributed by atoms with Crippen LogP contribution in [0.15, 0.2) is 41.2 Å². The standard InChI is InChI=1S/C22H28N6O2/c1-14(11-16-3-5-17(6-4-16)18-12-24-21(23)25-13-18)15(2)20-26-22(30-27-20)28-9-7-19(29)8-10-28/h3-6,12-15,19,29H,7-11H2,1-2H3,(H2,23,24,25)/t14-,15?/m1/s1. The Hall–Kier alpha value is -3.00. The summed E-state index contributed by atoms with van der Waals surface area (Å²) in [5.74, 6) is 1.53. The first-order valence-electron chi connectivity index (χ1n) is 10.4. The summed E-state index contributed by atoms with van der Waals surface area (Å²) in [5.41, 5.74) is 8.82. The zero-order valence-corrected chi connectivity index (χ0v) is 17.4. The van der Waals surface area contributed by atoms with Crippen LogP contribution in [0.1, 0.15) is 44.0 Å². The number of hydrogen-bond donors (Lipinski definition) is 2. The molecule has 1 fully saturated rings. The first kappa shape index (κ1) is 20.3. The molecule has 0 amide bonds. The molecule has 4 rings (SSSR count). The van der Waals surface area contributed by atoms with Gasteiger partial charge in [-0.1, -0.05) is 43.3 Å². The van der Waals surface area contributed by atoms with E-state index >= 15 is 0 Å². The number of benzene rings is 1. The number of aliphatic hydroxyl groups is 1. The molecule has 1 unspecified atom stereocenters. The lowest BCUT2D eigenvalue weighted by atomic mass is 9.89. The van der Waals surface area contributed by atoms with Gasteiger partial charge in [0.05, 0.1) is 6.10 Å². The van der Waals surface area contributed by atoms with E-state index in [1.54, 1.807) is 12.4 Å². The molecule has 1 aromatic carbocycles. The second-order valence-electron chi connectivity index (χ2n) is 8.15. The van der Waals surface area contributed by atoms with Gasteiger partial charge in [0.25, 0.3) is 0 Å². The Morgan fingerprint density at radius 1 is 1.10 bits per heavy atom. The van der Waals surface area contributed by atoms with Crippen LogP contribution in [0, 0.1) is 5.92 Å². The van der Waals surface area contributed by atoms with E-state index < -0.39 is 0 Å². The molecular weight excluding hydrogens is 380 g/mol. The van der Waals surface area contributed by atoms with Crippen molar-refractivity contribution >= 4 is 12.0 Å². The predicted molar refractivity (Wildman–Crippen MR) is 115 cm³/mol. The van der Waals surface area contributed by atoms with Gasteiger partial charge in [0.2, 0.25) is 5.95 Å². The highest BCUT2D eigenvalue weighted by atomic mass is 16.5. The molecule has 0 saturated carbocycles. The van der Waals surface area contributed by atoms with Crippen molar-refractivity contribution in [2.45, 2.75) is 45.1 Å². The van der Waals surface area contributed by atoms with E-state index in [1.807, 2.05) is 0 Å². The zero-order chi connectivity index (χ0) is 21.1. The highest BCUT2D eigenvalue weighted by molar-refractivity contribution is 5.62. The molecule has 30 heavy (non-hydrogen) atoms. The maximum Gasteiger partial charge on any atom is 0.324 e. The van der Waals surface area contributed by atoms with E-state index in [1.165, 1.54) is 5.56 Å². The summed E-state index contributed by atoms with van der Waals surface area (Å²) in [7, 11) is 0. The third-order valence-corrected chi connectivity index (χ3v) is 5.94. The number of aliphatic hydroxyl groups excluding tert-OH is 1. The lowest BCUT2D eigenvalue weighted by Gasteiger charge is -2.27. The average Bonchev–Trinajstić information content (AvgIpc) is 3.25. The summed E-state index contributed by atoms with van der Waals surface area (Å²) >= 11 is 0. The van der Waals surface area contributed by atoms with Crippen LogP contribution in [0.5, 0.6) is 0 Å². The van der Waals surface area contributed by atoms with Crippen molar-refractivity contribution in [1.29, 1.82) is 0 Å². The summed E-state index contributed by atoms with van der Waals surface area (Å²) < 4.78 is 5.50. The lowest BCUT2D eigenvalue weighted by molar-refractivity contribution is 0.143. The number of nitrogen functional groups attached to an aromatic ring is 1. The third-order valence-electron chi connectivity index (χ3n) is 5.94. The Labute approximate surface area is 176 Å². The average molecular weight is 409 g/mol. The maximum atomic E-state index is 9.67. The van der Waals surface area contributed by atoms with Gasteiger partial charge < -0.3 is 20.3 Å². The fourth-order valence-electron chi connectivity index (χ4n) is 3.72. The summed E-state index contributed by atoms with van der Waals surface area (Å²) in [6.45, 7) is 5.84. The van der Waals surface area contributed by atoms with Gasteiger partial charge in [0.1, 0.15) is 0 Å². The van der Waals surface area contributed by atoms with Crippen LogP contribution in [0.4, 0.5) is 12.0 Å². The van der Waals surface area contributed by atoms with Crippen molar-refractivity contribution in [2.24, 2.45) is 5.92 Å². The molecule has 0 spiro atoms. The van der Waals surface area contributed by atoms with Crippen LogP contribution in [-0.4, -0.2) is 44.4 Å². The lowest BCUT2D eigenvalue weighted by Crippen LogP contribution is -2.36. The molecule has 2 aromatic heterocycles. The van der Waals surface area contributed by atoms with E-state index in [2.05, 4.69) is 63.1 Å². The molecule has 8 nitrogen and oxygen atoms in total. The van der Waals surface area contributed by atoms with Gasteiger partial charge in [0, 0.05) is 37.0 Å². The number of nitrogens with zero attached hydrogens (tertiary/aromatic N) is 5. The second kappa shape index (κ2) is 8.79. The van der Waals surface area contributed by atoms with Crippen molar-refractivity contribution < 1.29 is 9.63 Å². The van der Waals surface area contributed by atoms with Crippen LogP contribution < -0.4 is 10.6 Å². The minimum atomic E-state index is -0.221. The van der Waals surface area contributed by atoms with Gasteiger partial charge in [-0.3, -0.25) is 0 Å². The van der Waals surface area contributed by atoms with Gasteiger partial charge in [-0.2, -0.15) is 4.98 Å². The Kier molecular flexibility index (Phi) is 5.94. The van der Waals surface area contributed by atoms with Crippen molar-refractivity contribution in [1.82, 2.24) is 20.1 Å². The fourth-order valence-corrected chi connectivity index (χ4v) is 3.72. The van der Waals surface area contributed by atoms with Crippen LogP contribution >= 0.6 is 0 Å². The molecule has 2 atom stereocenters. The Morgan fingerprint density at radius 2 is 1.77 bits per heavy atom. The molecule has 0 bridgehead atoms. The van der Waals surface area contributed by atoms with E-state index in [-0.39, 0.29) is 18.0 Å². The normalized spacial score (nSPS) is 17.1. The summed E-state index contributed by atoms with van der Waals surface area (Å²) in [6, 6.07) is 8.99. The van der Waals surface area contributed by atoms with Gasteiger partial charge in [-0.15, -0.1) is 0 Å². The van der Waals surface area contributed by atoms with Crippen molar-refractivity contribution in [3.8, 4) is 11.1 Å². The predicted octanol–water partition coefficient (Wildman–Crippen LogP) is 3.05. The Morgan fingerprint density at radius 3 is 2.43 bits per heavy atom. The van der Waals surface area contributed by atoms with Crippen molar-refractivity contribution in [3.05, 3.63) is 48.0 Å². The van der Waals surface area contributed by atoms with Crippen molar-refractivity contribution in [2.75, 3.05) is 23.7 Å². The van der Waals surface area contributed by atoms with Gasteiger partial charge in [0.15, 0.2) is 5.82 Å². The molecule has 0 aliphatic carbocycles. The minimum Gasteiger partial charge on any atom is -0.393 e. The minimum absolute atomic E-state index is 0.169. The van der Waals surface area contributed by atoms with Crippen LogP contribution in [0.25, 0.3) is 11.1 Å². The first-order chi connectivity index (χ1) is 14.5. The van der Waals surface area contributed by atoms with Crippen molar-refractivity contribution in [3.63, 3.8) is 0 Å². The van der Waals surface area contributed by atoms with Gasteiger partial charge in [-0.25, -0.2) is 9.97 Å². The molecule has 158 valence electrons. The molecular formula is C22H28N6O2. The maximum absolute atomic E-state index is 9.67. The van der Waals surface area contributed by atoms with Crippen LogP contribution in [0.2, 0.25) is 0 Å². The number of hydrogen-bond acceptors (Lipinski definition) is 8. The molecule has 3 aromatic rings. The Balaban J connectivity index is 1.37. The summed E-state index contributed by atoms with van der Waals surface area (Å²) in [5, 5.41) is 13.9. The summed E-state index contributed by atoms with van der Waals surface area (Å²) in [6.07, 6.45) is 5.64. The quantitative estimate of drug-likeness (QED) is 0.640. The molecule has 1 aliphatic heterocycles. The molecule has 8 heteroatoms. The van der Waals surface area contributed by atoms with E-state index in [4.69, 9.17) is 10.3 Å². The first-order valence-corrected chi connectivity index (χ1v) is 10.4. The summed E-state index contributed by atoms with van der Waals surface area (Å²) in [4.78, 5) is 14.8. The highest BCUT2D eigenvalue weighted by Crippen LogP contribution is 2.28. The zero-order valence-electron chi connectivity index (χ0n) is 17.4. The topological polar surface area (TPSA) is 114 Å². The fraction of sp³-hybridized carbons (Fsp3) is 0.455. The number of anilines is 2. The van der Waals surface area contributed by atoms with E-state index in [9.17, 15) is 5.11 Å². The number of nitrogens with two attached hydrogens (primary N) is 1. The SMILES string of the molecule is CC(c1noc(N2CCC(O)CC2)n1)[C@H](C)Cc1ccc(-c2cnc(N)nc2)cc1. The third kappa shape index (κ3) is 4.59.